The predicted molar refractivity (Wildman–Crippen MR) is 116 cm³/mol. The monoisotopic (exact) mass is 428 g/mol. The Hall–Kier alpha value is -2.64. The number of amides is 1. The number of rotatable bonds is 8. The van der Waals surface area contributed by atoms with E-state index in [1.54, 1.807) is 41.2 Å². The Kier molecular flexibility index (Phi) is 7.06. The second-order valence-electron chi connectivity index (χ2n) is 6.90. The molecule has 8 heteroatoms. The number of hydrogen-bond acceptors (Lipinski definition) is 5. The van der Waals surface area contributed by atoms with Crippen LogP contribution in [0.4, 0.5) is 5.69 Å². The summed E-state index contributed by atoms with van der Waals surface area (Å²) in [7, 11) is 0. The Bertz CT molecular complexity index is 1000. The molecule has 0 aliphatic rings. The van der Waals surface area contributed by atoms with Crippen molar-refractivity contribution in [1.82, 2.24) is 14.8 Å². The van der Waals surface area contributed by atoms with Gasteiger partial charge in [0.15, 0.2) is 10.9 Å². The van der Waals surface area contributed by atoms with Gasteiger partial charge in [-0.3, -0.25) is 14.2 Å². The fourth-order valence-corrected chi connectivity index (χ4v) is 3.67. The molecule has 0 saturated carbocycles. The summed E-state index contributed by atoms with van der Waals surface area (Å²) < 4.78 is 1.79. The normalized spacial score (nSPS) is 10.9. The average molecular weight is 429 g/mol. The molecule has 0 aliphatic heterocycles. The largest absolute Gasteiger partial charge is 0.326 e. The highest BCUT2D eigenvalue weighted by Gasteiger charge is 2.12. The Labute approximate surface area is 178 Å². The van der Waals surface area contributed by atoms with E-state index in [9.17, 15) is 9.59 Å². The molecule has 1 N–H and O–H groups in total. The molecule has 0 fully saturated rings. The molecule has 6 nitrogen and oxygen atoms in total. The summed E-state index contributed by atoms with van der Waals surface area (Å²) >= 11 is 7.36. The van der Waals surface area contributed by atoms with Crippen LogP contribution >= 0.6 is 23.4 Å². The molecule has 3 rings (SSSR count). The maximum Gasteiger partial charge on any atom is 0.224 e. The van der Waals surface area contributed by atoms with Crippen molar-refractivity contribution >= 4 is 40.7 Å². The van der Waals surface area contributed by atoms with Gasteiger partial charge < -0.3 is 5.32 Å². The van der Waals surface area contributed by atoms with E-state index in [4.69, 9.17) is 11.6 Å². The van der Waals surface area contributed by atoms with Crippen LogP contribution in [0, 0.1) is 5.92 Å². The van der Waals surface area contributed by atoms with E-state index < -0.39 is 0 Å². The minimum Gasteiger partial charge on any atom is -0.326 e. The van der Waals surface area contributed by atoms with Crippen molar-refractivity contribution < 1.29 is 9.59 Å². The third-order valence-corrected chi connectivity index (χ3v) is 5.20. The van der Waals surface area contributed by atoms with Crippen LogP contribution in [-0.2, 0) is 4.79 Å². The summed E-state index contributed by atoms with van der Waals surface area (Å²) in [6.07, 6.45) is 2.05. The average Bonchev–Trinajstić information content (AvgIpc) is 3.14. The number of anilines is 1. The van der Waals surface area contributed by atoms with Crippen LogP contribution in [0.5, 0.6) is 0 Å². The summed E-state index contributed by atoms with van der Waals surface area (Å²) in [4.78, 5) is 24.4. The maximum atomic E-state index is 12.5. The number of nitrogens with one attached hydrogen (secondary N) is 1. The Balaban J connectivity index is 1.60. The van der Waals surface area contributed by atoms with Gasteiger partial charge in [0.25, 0.3) is 0 Å². The minimum atomic E-state index is -0.0324. The van der Waals surface area contributed by atoms with E-state index in [1.807, 2.05) is 32.0 Å². The standard InChI is InChI=1S/C21H21ClN4O2S/c1-14(2)10-20(28)24-17-8-6-15(7-9-17)19(27)12-29-21-25-23-13-26(21)18-5-3-4-16(22)11-18/h3-9,11,13-14H,10,12H2,1-2H3,(H,24,28). The first-order valence-corrected chi connectivity index (χ1v) is 10.5. The molecule has 29 heavy (non-hydrogen) atoms. The molecule has 150 valence electrons. The zero-order valence-corrected chi connectivity index (χ0v) is 17.7. The van der Waals surface area contributed by atoms with Gasteiger partial charge in [-0.25, -0.2) is 0 Å². The number of thioether (sulfide) groups is 1. The number of carbonyl (C=O) groups excluding carboxylic acids is 2. The predicted octanol–water partition coefficient (Wildman–Crippen LogP) is 4.88. The summed E-state index contributed by atoms with van der Waals surface area (Å²) in [5, 5.41) is 12.1. The minimum absolute atomic E-state index is 0.0318. The molecule has 3 aromatic rings. The van der Waals surface area contributed by atoms with Gasteiger partial charge in [-0.05, 0) is 48.4 Å². The van der Waals surface area contributed by atoms with Crippen LogP contribution in [0.3, 0.4) is 0 Å². The lowest BCUT2D eigenvalue weighted by molar-refractivity contribution is -0.116. The fraction of sp³-hybridized carbons (Fsp3) is 0.238. The van der Waals surface area contributed by atoms with Gasteiger partial charge in [-0.2, -0.15) is 0 Å². The SMILES string of the molecule is CC(C)CC(=O)Nc1ccc(C(=O)CSc2nncn2-c2cccc(Cl)c2)cc1. The number of nitrogens with zero attached hydrogens (tertiary/aromatic N) is 3. The number of carbonyl (C=O) groups is 2. The number of benzene rings is 2. The van der Waals surface area contributed by atoms with E-state index in [1.165, 1.54) is 11.8 Å². The van der Waals surface area contributed by atoms with Crippen molar-refractivity contribution in [2.75, 3.05) is 11.1 Å². The Morgan fingerprint density at radius 3 is 2.62 bits per heavy atom. The van der Waals surface area contributed by atoms with Gasteiger partial charge >= 0.3 is 0 Å². The van der Waals surface area contributed by atoms with E-state index in [-0.39, 0.29) is 17.4 Å². The van der Waals surface area contributed by atoms with Crippen LogP contribution in [0.1, 0.15) is 30.6 Å². The highest BCUT2D eigenvalue weighted by atomic mass is 35.5. The Morgan fingerprint density at radius 2 is 1.93 bits per heavy atom. The second-order valence-corrected chi connectivity index (χ2v) is 8.28. The zero-order chi connectivity index (χ0) is 20.8. The van der Waals surface area contributed by atoms with E-state index in [0.29, 0.717) is 33.8 Å². The van der Waals surface area contributed by atoms with E-state index in [0.717, 1.165) is 5.69 Å². The number of halogens is 1. The smallest absolute Gasteiger partial charge is 0.224 e. The van der Waals surface area contributed by atoms with E-state index in [2.05, 4.69) is 15.5 Å². The first-order valence-electron chi connectivity index (χ1n) is 9.14. The second kappa shape index (κ2) is 9.71. The van der Waals surface area contributed by atoms with Crippen LogP contribution in [-0.4, -0.2) is 32.2 Å². The number of Topliss-reactive ketones (excluding diaryl/α,β-unsaturated/α-hetero) is 1. The summed E-state index contributed by atoms with van der Waals surface area (Å²) in [6, 6.07) is 14.3. The van der Waals surface area contributed by atoms with Gasteiger partial charge in [0.1, 0.15) is 6.33 Å². The molecular weight excluding hydrogens is 408 g/mol. The number of hydrogen-bond donors (Lipinski definition) is 1. The molecule has 0 saturated heterocycles. The Morgan fingerprint density at radius 1 is 1.17 bits per heavy atom. The van der Waals surface area contributed by atoms with Crippen molar-refractivity contribution in [1.29, 1.82) is 0 Å². The third-order valence-electron chi connectivity index (χ3n) is 4.02. The van der Waals surface area contributed by atoms with Crippen molar-refractivity contribution in [2.45, 2.75) is 25.4 Å². The number of ketones is 1. The lowest BCUT2D eigenvalue weighted by Crippen LogP contribution is -2.14. The van der Waals surface area contributed by atoms with Crippen molar-refractivity contribution in [2.24, 2.45) is 5.92 Å². The highest BCUT2D eigenvalue weighted by Crippen LogP contribution is 2.23. The van der Waals surface area contributed by atoms with Crippen LogP contribution in [0.15, 0.2) is 60.0 Å². The molecule has 1 heterocycles. The molecule has 0 spiro atoms. The van der Waals surface area contributed by atoms with Gasteiger partial charge in [0, 0.05) is 22.7 Å². The number of aromatic nitrogens is 3. The summed E-state index contributed by atoms with van der Waals surface area (Å²) in [5.74, 6) is 0.450. The molecule has 0 atom stereocenters. The molecule has 1 amide bonds. The maximum absolute atomic E-state index is 12.5. The van der Waals surface area contributed by atoms with Crippen molar-refractivity contribution in [3.8, 4) is 5.69 Å². The lowest BCUT2D eigenvalue weighted by Gasteiger charge is -2.08. The van der Waals surface area contributed by atoms with Gasteiger partial charge in [-0.1, -0.05) is 43.3 Å². The molecule has 2 aromatic carbocycles. The van der Waals surface area contributed by atoms with E-state index >= 15 is 0 Å². The van der Waals surface area contributed by atoms with Crippen molar-refractivity contribution in [3.63, 3.8) is 0 Å². The van der Waals surface area contributed by atoms with Gasteiger partial charge in [-0.15, -0.1) is 10.2 Å². The van der Waals surface area contributed by atoms with Crippen LogP contribution < -0.4 is 5.32 Å². The van der Waals surface area contributed by atoms with Gasteiger partial charge in [0.05, 0.1) is 11.4 Å². The zero-order valence-electron chi connectivity index (χ0n) is 16.1. The molecule has 0 unspecified atom stereocenters. The summed E-state index contributed by atoms with van der Waals surface area (Å²) in [6.45, 7) is 3.98. The topological polar surface area (TPSA) is 76.9 Å². The lowest BCUT2D eigenvalue weighted by atomic mass is 10.1. The van der Waals surface area contributed by atoms with Crippen LogP contribution in [0.25, 0.3) is 5.69 Å². The third kappa shape index (κ3) is 5.92. The summed E-state index contributed by atoms with van der Waals surface area (Å²) in [5.41, 5.74) is 2.09. The first kappa shape index (κ1) is 21.1. The fourth-order valence-electron chi connectivity index (χ4n) is 2.66. The highest BCUT2D eigenvalue weighted by molar-refractivity contribution is 7.99. The molecular formula is C21H21ClN4O2S. The van der Waals surface area contributed by atoms with Crippen molar-refractivity contribution in [3.05, 3.63) is 65.4 Å². The van der Waals surface area contributed by atoms with Gasteiger partial charge in [0.2, 0.25) is 5.91 Å². The molecule has 0 aliphatic carbocycles. The quantitative estimate of drug-likeness (QED) is 0.408. The first-order chi connectivity index (χ1) is 13.9. The molecule has 0 radical (unpaired) electrons. The molecule has 0 bridgehead atoms. The van der Waals surface area contributed by atoms with Crippen LogP contribution in [0.2, 0.25) is 5.02 Å². The molecule has 1 aromatic heterocycles.